The molecule has 0 aliphatic rings. The molecule has 126 valence electrons. The van der Waals surface area contributed by atoms with Crippen LogP contribution in [0.3, 0.4) is 0 Å². The molecule has 24 heavy (non-hydrogen) atoms. The molecule has 0 saturated heterocycles. The topological polar surface area (TPSA) is 61.4 Å². The van der Waals surface area contributed by atoms with E-state index >= 15 is 0 Å². The third-order valence-corrected chi connectivity index (χ3v) is 3.85. The molecule has 0 fully saturated rings. The number of anilines is 2. The van der Waals surface area contributed by atoms with Gasteiger partial charge in [0.1, 0.15) is 0 Å². The Kier molecular flexibility index (Phi) is 6.96. The highest BCUT2D eigenvalue weighted by Crippen LogP contribution is 2.14. The Morgan fingerprint density at radius 1 is 0.917 bits per heavy atom. The van der Waals surface area contributed by atoms with Gasteiger partial charge in [0, 0.05) is 28.8 Å². The molecule has 0 unspecified atom stereocenters. The van der Waals surface area contributed by atoms with Crippen molar-refractivity contribution in [1.82, 2.24) is 4.90 Å². The summed E-state index contributed by atoms with van der Waals surface area (Å²) in [7, 11) is 1.82. The highest BCUT2D eigenvalue weighted by Gasteiger charge is 2.09. The van der Waals surface area contributed by atoms with Crippen LogP contribution in [0, 0.1) is 0 Å². The van der Waals surface area contributed by atoms with Gasteiger partial charge in [-0.05, 0) is 43.4 Å². The molecule has 2 aromatic carbocycles. The first kappa shape index (κ1) is 18.2. The van der Waals surface area contributed by atoms with E-state index in [1.54, 1.807) is 0 Å². The number of halogens is 1. The van der Waals surface area contributed by atoms with Crippen LogP contribution >= 0.6 is 15.9 Å². The molecule has 5 nitrogen and oxygen atoms in total. The smallest absolute Gasteiger partial charge is 0.238 e. The standard InChI is InChI=1S/C18H20BrN3O2/c1-22(13-18(24)21-15-5-3-2-4-6-15)12-11-17(23)20-16-9-7-14(19)8-10-16/h2-10H,11-13H2,1H3,(H,20,23)(H,21,24). The third kappa shape index (κ3) is 6.52. The molecule has 0 saturated carbocycles. The second kappa shape index (κ2) is 9.20. The summed E-state index contributed by atoms with van der Waals surface area (Å²) in [5, 5.41) is 5.65. The van der Waals surface area contributed by atoms with Crippen molar-refractivity contribution >= 4 is 39.1 Å². The maximum absolute atomic E-state index is 11.9. The highest BCUT2D eigenvalue weighted by atomic mass is 79.9. The minimum Gasteiger partial charge on any atom is -0.326 e. The van der Waals surface area contributed by atoms with Crippen molar-refractivity contribution in [2.45, 2.75) is 6.42 Å². The van der Waals surface area contributed by atoms with Gasteiger partial charge in [0.05, 0.1) is 6.54 Å². The first-order valence-electron chi connectivity index (χ1n) is 7.62. The monoisotopic (exact) mass is 389 g/mol. The Bertz CT molecular complexity index is 674. The third-order valence-electron chi connectivity index (χ3n) is 3.32. The minimum atomic E-state index is -0.1000. The Hall–Kier alpha value is -2.18. The number of carbonyl (C=O) groups is 2. The van der Waals surface area contributed by atoms with Crippen LogP contribution in [0.25, 0.3) is 0 Å². The van der Waals surface area contributed by atoms with E-state index in [2.05, 4.69) is 26.6 Å². The molecular weight excluding hydrogens is 370 g/mol. The Morgan fingerprint density at radius 3 is 2.17 bits per heavy atom. The van der Waals surface area contributed by atoms with Gasteiger partial charge in [-0.3, -0.25) is 14.5 Å². The Morgan fingerprint density at radius 2 is 1.50 bits per heavy atom. The molecule has 0 bridgehead atoms. The summed E-state index contributed by atoms with van der Waals surface area (Å²) >= 11 is 3.35. The van der Waals surface area contributed by atoms with E-state index in [0.717, 1.165) is 15.8 Å². The lowest BCUT2D eigenvalue weighted by molar-refractivity contribution is -0.119. The van der Waals surface area contributed by atoms with Crippen molar-refractivity contribution in [2.24, 2.45) is 0 Å². The summed E-state index contributed by atoms with van der Waals surface area (Å²) in [6, 6.07) is 16.7. The van der Waals surface area contributed by atoms with Gasteiger partial charge < -0.3 is 10.6 Å². The van der Waals surface area contributed by atoms with Crippen molar-refractivity contribution in [1.29, 1.82) is 0 Å². The van der Waals surface area contributed by atoms with E-state index < -0.39 is 0 Å². The van der Waals surface area contributed by atoms with E-state index in [1.807, 2.05) is 66.5 Å². The Balaban J connectivity index is 1.70. The molecule has 0 spiro atoms. The molecule has 0 atom stereocenters. The zero-order valence-corrected chi connectivity index (χ0v) is 15.0. The van der Waals surface area contributed by atoms with Gasteiger partial charge in [0.2, 0.25) is 11.8 Å². The number of rotatable bonds is 7. The lowest BCUT2D eigenvalue weighted by atomic mass is 10.3. The highest BCUT2D eigenvalue weighted by molar-refractivity contribution is 9.10. The molecule has 2 N–H and O–H groups in total. The van der Waals surface area contributed by atoms with Crippen molar-refractivity contribution in [3.8, 4) is 0 Å². The molecule has 2 aromatic rings. The summed E-state index contributed by atoms with van der Waals surface area (Å²) < 4.78 is 0.963. The van der Waals surface area contributed by atoms with Gasteiger partial charge in [-0.25, -0.2) is 0 Å². The van der Waals surface area contributed by atoms with Gasteiger partial charge in [-0.2, -0.15) is 0 Å². The van der Waals surface area contributed by atoms with Crippen molar-refractivity contribution in [2.75, 3.05) is 30.8 Å². The lowest BCUT2D eigenvalue weighted by Crippen LogP contribution is -2.32. The first-order chi connectivity index (χ1) is 11.5. The molecule has 0 aromatic heterocycles. The van der Waals surface area contributed by atoms with Gasteiger partial charge >= 0.3 is 0 Å². The predicted molar refractivity (Wildman–Crippen MR) is 100.0 cm³/mol. The van der Waals surface area contributed by atoms with E-state index in [9.17, 15) is 9.59 Å². The lowest BCUT2D eigenvalue weighted by Gasteiger charge is -2.16. The normalized spacial score (nSPS) is 10.5. The van der Waals surface area contributed by atoms with E-state index in [1.165, 1.54) is 0 Å². The van der Waals surface area contributed by atoms with Gasteiger partial charge in [0.15, 0.2) is 0 Å². The number of nitrogens with one attached hydrogen (secondary N) is 2. The van der Waals surface area contributed by atoms with Gasteiger partial charge in [0.25, 0.3) is 0 Å². The second-order valence-electron chi connectivity index (χ2n) is 5.46. The van der Waals surface area contributed by atoms with Crippen LogP contribution < -0.4 is 10.6 Å². The number of hydrogen-bond acceptors (Lipinski definition) is 3. The average Bonchev–Trinajstić information content (AvgIpc) is 2.56. The number of benzene rings is 2. The van der Waals surface area contributed by atoms with Gasteiger partial charge in [-0.1, -0.05) is 34.1 Å². The summed E-state index contributed by atoms with van der Waals surface area (Å²) in [4.78, 5) is 25.7. The fourth-order valence-electron chi connectivity index (χ4n) is 2.10. The predicted octanol–water partition coefficient (Wildman–Crippen LogP) is 3.35. The molecule has 0 aliphatic carbocycles. The first-order valence-corrected chi connectivity index (χ1v) is 8.41. The maximum Gasteiger partial charge on any atom is 0.238 e. The van der Waals surface area contributed by atoms with Crippen LogP contribution in [-0.4, -0.2) is 36.9 Å². The molecule has 2 amide bonds. The molecular formula is C18H20BrN3O2. The SMILES string of the molecule is CN(CCC(=O)Nc1ccc(Br)cc1)CC(=O)Nc1ccccc1. The fraction of sp³-hybridized carbons (Fsp3) is 0.222. The van der Waals surface area contributed by atoms with E-state index in [0.29, 0.717) is 13.0 Å². The summed E-state index contributed by atoms with van der Waals surface area (Å²) in [5.41, 5.74) is 1.52. The molecule has 6 heteroatoms. The molecule has 0 heterocycles. The van der Waals surface area contributed by atoms with Crippen LogP contribution in [0.1, 0.15) is 6.42 Å². The van der Waals surface area contributed by atoms with Gasteiger partial charge in [-0.15, -0.1) is 0 Å². The maximum atomic E-state index is 11.9. The van der Waals surface area contributed by atoms with Crippen LogP contribution in [0.2, 0.25) is 0 Å². The summed E-state index contributed by atoms with van der Waals surface area (Å²) in [6.45, 7) is 0.741. The molecule has 0 aliphatic heterocycles. The van der Waals surface area contributed by atoms with Crippen molar-refractivity contribution < 1.29 is 9.59 Å². The summed E-state index contributed by atoms with van der Waals surface area (Å²) in [5.74, 6) is -0.176. The van der Waals surface area contributed by atoms with E-state index in [-0.39, 0.29) is 18.4 Å². The number of nitrogens with zero attached hydrogens (tertiary/aromatic N) is 1. The quantitative estimate of drug-likeness (QED) is 0.762. The van der Waals surface area contributed by atoms with Crippen molar-refractivity contribution in [3.63, 3.8) is 0 Å². The largest absolute Gasteiger partial charge is 0.326 e. The zero-order valence-electron chi connectivity index (χ0n) is 13.5. The van der Waals surface area contributed by atoms with Crippen LogP contribution in [0.15, 0.2) is 59.1 Å². The number of carbonyl (C=O) groups excluding carboxylic acids is 2. The summed E-state index contributed by atoms with van der Waals surface area (Å²) in [6.07, 6.45) is 0.325. The Labute approximate surface area is 150 Å². The average molecular weight is 390 g/mol. The van der Waals surface area contributed by atoms with Crippen LogP contribution in [-0.2, 0) is 9.59 Å². The molecule has 2 rings (SSSR count). The second-order valence-corrected chi connectivity index (χ2v) is 6.37. The fourth-order valence-corrected chi connectivity index (χ4v) is 2.36. The van der Waals surface area contributed by atoms with E-state index in [4.69, 9.17) is 0 Å². The zero-order chi connectivity index (χ0) is 17.4. The number of likely N-dealkylation sites (N-methyl/N-ethyl adjacent to an activating group) is 1. The minimum absolute atomic E-state index is 0.0763. The van der Waals surface area contributed by atoms with Crippen LogP contribution in [0.4, 0.5) is 11.4 Å². The molecule has 0 radical (unpaired) electrons. The number of hydrogen-bond donors (Lipinski definition) is 2. The number of para-hydroxylation sites is 1. The van der Waals surface area contributed by atoms with Crippen LogP contribution in [0.5, 0.6) is 0 Å². The number of amides is 2. The van der Waals surface area contributed by atoms with Crippen molar-refractivity contribution in [3.05, 3.63) is 59.1 Å².